The van der Waals surface area contributed by atoms with Crippen LogP contribution in [0, 0.1) is 11.8 Å². The van der Waals surface area contributed by atoms with Gasteiger partial charge in [-0.1, -0.05) is 13.8 Å². The van der Waals surface area contributed by atoms with Crippen molar-refractivity contribution in [2.75, 3.05) is 33.2 Å². The molecule has 3 nitrogen and oxygen atoms in total. The average molecular weight is 265 g/mol. The van der Waals surface area contributed by atoms with Crippen LogP contribution in [0.4, 0.5) is 0 Å². The van der Waals surface area contributed by atoms with Gasteiger partial charge in [-0.3, -0.25) is 4.90 Å². The number of nitrogens with zero attached hydrogens (tertiary/aromatic N) is 2. The molecule has 0 aromatic carbocycles. The molecule has 1 saturated carbocycles. The Morgan fingerprint density at radius 2 is 1.95 bits per heavy atom. The predicted octanol–water partition coefficient (Wildman–Crippen LogP) is 1.79. The smallest absolute Gasteiger partial charge is 0.0224 e. The van der Waals surface area contributed by atoms with Gasteiger partial charge in [-0.05, 0) is 51.1 Å². The minimum Gasteiger partial charge on any atom is -0.311 e. The summed E-state index contributed by atoms with van der Waals surface area (Å²) < 4.78 is 0. The Hall–Kier alpha value is -0.120. The fourth-order valence-corrected chi connectivity index (χ4v) is 4.28. The summed E-state index contributed by atoms with van der Waals surface area (Å²) in [6, 6.07) is 2.38. The van der Waals surface area contributed by atoms with Crippen LogP contribution in [0.1, 0.15) is 39.5 Å². The van der Waals surface area contributed by atoms with Crippen molar-refractivity contribution in [3.63, 3.8) is 0 Å². The third-order valence-corrected chi connectivity index (χ3v) is 5.64. The second-order valence-electron chi connectivity index (χ2n) is 7.21. The van der Waals surface area contributed by atoms with E-state index < -0.39 is 0 Å². The second-order valence-corrected chi connectivity index (χ2v) is 7.21. The topological polar surface area (TPSA) is 18.5 Å². The third kappa shape index (κ3) is 2.98. The van der Waals surface area contributed by atoms with Crippen LogP contribution in [-0.2, 0) is 0 Å². The summed E-state index contributed by atoms with van der Waals surface area (Å²) in [4.78, 5) is 5.39. The molecule has 1 N–H and O–H groups in total. The van der Waals surface area contributed by atoms with Crippen LogP contribution in [0.2, 0.25) is 0 Å². The van der Waals surface area contributed by atoms with Gasteiger partial charge in [0.1, 0.15) is 0 Å². The van der Waals surface area contributed by atoms with Gasteiger partial charge in [-0.2, -0.15) is 0 Å². The van der Waals surface area contributed by atoms with Gasteiger partial charge in [-0.15, -0.1) is 0 Å². The van der Waals surface area contributed by atoms with E-state index in [0.717, 1.165) is 30.0 Å². The molecular weight excluding hydrogens is 234 g/mol. The summed E-state index contributed by atoms with van der Waals surface area (Å²) >= 11 is 0. The number of nitrogens with one attached hydrogen (secondary N) is 1. The normalized spacial score (nSPS) is 42.5. The molecule has 4 atom stereocenters. The summed E-state index contributed by atoms with van der Waals surface area (Å²) in [6.07, 6.45) is 5.59. The van der Waals surface area contributed by atoms with Crippen molar-refractivity contribution in [1.29, 1.82) is 0 Å². The van der Waals surface area contributed by atoms with Crippen LogP contribution >= 0.6 is 0 Å². The monoisotopic (exact) mass is 265 g/mol. The molecule has 3 aliphatic rings. The van der Waals surface area contributed by atoms with Gasteiger partial charge in [0.05, 0.1) is 0 Å². The van der Waals surface area contributed by atoms with E-state index in [9.17, 15) is 0 Å². The molecule has 0 aromatic rings. The van der Waals surface area contributed by atoms with E-state index in [1.807, 2.05) is 0 Å². The fraction of sp³-hybridized carbons (Fsp3) is 1.00. The van der Waals surface area contributed by atoms with Crippen molar-refractivity contribution in [2.45, 2.75) is 57.7 Å². The first-order chi connectivity index (χ1) is 9.19. The Morgan fingerprint density at radius 3 is 2.58 bits per heavy atom. The molecule has 2 aliphatic heterocycles. The molecule has 0 amide bonds. The molecule has 2 heterocycles. The first-order valence-electron chi connectivity index (χ1n) is 8.36. The van der Waals surface area contributed by atoms with Gasteiger partial charge in [-0.25, -0.2) is 0 Å². The Bertz CT molecular complexity index is 302. The number of likely N-dealkylation sites (tertiary alicyclic amines) is 1. The maximum Gasteiger partial charge on any atom is 0.0224 e. The SMILES string of the molecule is CCC1CNC(C2CC2)CN1C1CCN(C)CC1C. The highest BCUT2D eigenvalue weighted by Crippen LogP contribution is 2.36. The molecule has 2 saturated heterocycles. The largest absolute Gasteiger partial charge is 0.311 e. The van der Waals surface area contributed by atoms with Gasteiger partial charge in [0.2, 0.25) is 0 Å². The Labute approximate surface area is 118 Å². The lowest BCUT2D eigenvalue weighted by atomic mass is 9.89. The fourth-order valence-electron chi connectivity index (χ4n) is 4.28. The molecule has 3 fully saturated rings. The molecule has 0 radical (unpaired) electrons. The predicted molar refractivity (Wildman–Crippen MR) is 80.4 cm³/mol. The van der Waals surface area contributed by atoms with Crippen molar-refractivity contribution in [3.05, 3.63) is 0 Å². The quantitative estimate of drug-likeness (QED) is 0.839. The number of piperidine rings is 1. The number of piperazine rings is 1. The second kappa shape index (κ2) is 5.71. The van der Waals surface area contributed by atoms with E-state index in [2.05, 4.69) is 36.0 Å². The van der Waals surface area contributed by atoms with Crippen molar-refractivity contribution < 1.29 is 0 Å². The molecule has 0 spiro atoms. The highest BCUT2D eigenvalue weighted by atomic mass is 15.3. The Morgan fingerprint density at radius 1 is 1.16 bits per heavy atom. The van der Waals surface area contributed by atoms with Crippen LogP contribution in [0.25, 0.3) is 0 Å². The van der Waals surface area contributed by atoms with Crippen LogP contribution in [0.15, 0.2) is 0 Å². The molecule has 4 unspecified atom stereocenters. The number of hydrogen-bond acceptors (Lipinski definition) is 3. The van der Waals surface area contributed by atoms with Crippen molar-refractivity contribution in [2.24, 2.45) is 11.8 Å². The maximum absolute atomic E-state index is 3.82. The lowest BCUT2D eigenvalue weighted by molar-refractivity contribution is 0.0132. The first-order valence-corrected chi connectivity index (χ1v) is 8.36. The summed E-state index contributed by atoms with van der Waals surface area (Å²) in [7, 11) is 2.27. The zero-order valence-electron chi connectivity index (χ0n) is 12.9. The van der Waals surface area contributed by atoms with Crippen LogP contribution in [-0.4, -0.2) is 61.2 Å². The maximum atomic E-state index is 3.82. The molecule has 3 rings (SSSR count). The Balaban J connectivity index is 1.67. The molecule has 0 bridgehead atoms. The lowest BCUT2D eigenvalue weighted by Gasteiger charge is -2.49. The molecular formula is C16H31N3. The summed E-state index contributed by atoms with van der Waals surface area (Å²) in [5, 5.41) is 3.82. The summed E-state index contributed by atoms with van der Waals surface area (Å²) in [6.45, 7) is 9.90. The summed E-state index contributed by atoms with van der Waals surface area (Å²) in [5.74, 6) is 1.81. The van der Waals surface area contributed by atoms with E-state index in [1.54, 1.807) is 0 Å². The molecule has 3 heteroatoms. The molecule has 19 heavy (non-hydrogen) atoms. The van der Waals surface area contributed by atoms with E-state index in [0.29, 0.717) is 0 Å². The molecule has 1 aliphatic carbocycles. The number of rotatable bonds is 3. The van der Waals surface area contributed by atoms with Gasteiger partial charge >= 0.3 is 0 Å². The highest BCUT2D eigenvalue weighted by Gasteiger charge is 2.40. The summed E-state index contributed by atoms with van der Waals surface area (Å²) in [5.41, 5.74) is 0. The average Bonchev–Trinajstić information content (AvgIpc) is 3.22. The van der Waals surface area contributed by atoms with E-state index in [1.165, 1.54) is 51.9 Å². The first kappa shape index (κ1) is 13.8. The minimum absolute atomic E-state index is 0.769. The van der Waals surface area contributed by atoms with Crippen molar-refractivity contribution in [1.82, 2.24) is 15.1 Å². The van der Waals surface area contributed by atoms with Crippen molar-refractivity contribution >= 4 is 0 Å². The minimum atomic E-state index is 0.769. The third-order valence-electron chi connectivity index (χ3n) is 5.64. The zero-order chi connectivity index (χ0) is 13.4. The van der Waals surface area contributed by atoms with Gasteiger partial charge in [0.15, 0.2) is 0 Å². The van der Waals surface area contributed by atoms with Gasteiger partial charge < -0.3 is 10.2 Å². The Kier molecular flexibility index (Phi) is 4.16. The van der Waals surface area contributed by atoms with Gasteiger partial charge in [0.25, 0.3) is 0 Å². The van der Waals surface area contributed by atoms with E-state index in [4.69, 9.17) is 0 Å². The molecule has 110 valence electrons. The highest BCUT2D eigenvalue weighted by molar-refractivity contribution is 4.98. The van der Waals surface area contributed by atoms with Crippen LogP contribution < -0.4 is 5.32 Å². The van der Waals surface area contributed by atoms with Gasteiger partial charge in [0, 0.05) is 37.8 Å². The lowest BCUT2D eigenvalue weighted by Crippen LogP contribution is -2.62. The van der Waals surface area contributed by atoms with E-state index in [-0.39, 0.29) is 0 Å². The van der Waals surface area contributed by atoms with Crippen LogP contribution in [0.3, 0.4) is 0 Å². The zero-order valence-corrected chi connectivity index (χ0v) is 12.9. The standard InChI is InChI=1S/C16H31N3/c1-4-14-9-17-15(13-5-6-13)11-19(14)16-7-8-18(3)10-12(16)2/h12-17H,4-11H2,1-3H3. The van der Waals surface area contributed by atoms with Crippen LogP contribution in [0.5, 0.6) is 0 Å². The van der Waals surface area contributed by atoms with Crippen molar-refractivity contribution in [3.8, 4) is 0 Å². The van der Waals surface area contributed by atoms with E-state index >= 15 is 0 Å². The number of hydrogen-bond donors (Lipinski definition) is 1. The molecule has 0 aromatic heterocycles.